The van der Waals surface area contributed by atoms with Crippen molar-refractivity contribution in [2.24, 2.45) is 5.92 Å². The van der Waals surface area contributed by atoms with Gasteiger partial charge in [-0.15, -0.1) is 0 Å². The molecule has 2 nitrogen and oxygen atoms in total. The molecule has 0 fully saturated rings. The van der Waals surface area contributed by atoms with E-state index in [1.54, 1.807) is 6.07 Å². The number of hydrogen-bond donors (Lipinski definition) is 1. The molecule has 0 unspecified atom stereocenters. The van der Waals surface area contributed by atoms with Crippen molar-refractivity contribution in [3.8, 4) is 0 Å². The lowest BCUT2D eigenvalue weighted by Gasteiger charge is -2.26. The number of nitrogens with one attached hydrogen (secondary N) is 1. The predicted octanol–water partition coefficient (Wildman–Crippen LogP) is 4.96. The van der Waals surface area contributed by atoms with Crippen LogP contribution in [0.5, 0.6) is 0 Å². The second kappa shape index (κ2) is 6.47. The molecule has 0 saturated heterocycles. The third-order valence-electron chi connectivity index (χ3n) is 4.31. The first-order valence-electron chi connectivity index (χ1n) is 7.71. The van der Waals surface area contributed by atoms with Gasteiger partial charge in [0.25, 0.3) is 0 Å². The van der Waals surface area contributed by atoms with Crippen molar-refractivity contribution in [1.29, 1.82) is 0 Å². The summed E-state index contributed by atoms with van der Waals surface area (Å²) in [4.78, 5) is 4.49. The maximum absolute atomic E-state index is 14.1. The fourth-order valence-electron chi connectivity index (χ4n) is 3.21. The molecule has 1 aliphatic rings. The Bertz CT molecular complexity index is 658. The molecule has 0 bridgehead atoms. The van der Waals surface area contributed by atoms with E-state index in [2.05, 4.69) is 46.1 Å². The minimum Gasteiger partial charge on any atom is -0.301 e. The molecule has 116 valence electrons. The highest BCUT2D eigenvalue weighted by molar-refractivity contribution is 9.10. The first kappa shape index (κ1) is 15.6. The van der Waals surface area contributed by atoms with Crippen LogP contribution >= 0.6 is 15.9 Å². The largest absolute Gasteiger partial charge is 0.301 e. The molecule has 1 heterocycles. The van der Waals surface area contributed by atoms with Crippen molar-refractivity contribution in [2.75, 3.05) is 0 Å². The van der Waals surface area contributed by atoms with Crippen LogP contribution in [0.3, 0.4) is 0 Å². The van der Waals surface area contributed by atoms with Gasteiger partial charge >= 0.3 is 0 Å². The fourth-order valence-corrected chi connectivity index (χ4v) is 3.66. The topological polar surface area (TPSA) is 24.9 Å². The van der Waals surface area contributed by atoms with Crippen LogP contribution in [0.25, 0.3) is 0 Å². The summed E-state index contributed by atoms with van der Waals surface area (Å²) < 4.78 is 14.9. The van der Waals surface area contributed by atoms with Gasteiger partial charge < -0.3 is 5.32 Å². The van der Waals surface area contributed by atoms with Crippen LogP contribution in [0, 0.1) is 11.7 Å². The van der Waals surface area contributed by atoms with E-state index in [0.717, 1.165) is 34.1 Å². The normalized spacial score (nSPS) is 18.5. The number of halogens is 2. The second-order valence-electron chi connectivity index (χ2n) is 6.19. The van der Waals surface area contributed by atoms with E-state index in [-0.39, 0.29) is 17.9 Å². The van der Waals surface area contributed by atoms with Crippen molar-refractivity contribution in [1.82, 2.24) is 10.3 Å². The van der Waals surface area contributed by atoms with Crippen LogP contribution in [0.1, 0.15) is 49.2 Å². The highest BCUT2D eigenvalue weighted by Crippen LogP contribution is 2.37. The molecule has 22 heavy (non-hydrogen) atoms. The van der Waals surface area contributed by atoms with E-state index >= 15 is 0 Å². The predicted molar refractivity (Wildman–Crippen MR) is 90.1 cm³/mol. The number of pyridine rings is 1. The maximum Gasteiger partial charge on any atom is 0.127 e. The molecule has 0 radical (unpaired) electrons. The molecule has 0 spiro atoms. The van der Waals surface area contributed by atoms with Gasteiger partial charge in [-0.2, -0.15) is 0 Å². The summed E-state index contributed by atoms with van der Waals surface area (Å²) >= 11 is 3.40. The van der Waals surface area contributed by atoms with Gasteiger partial charge in [0.05, 0.1) is 11.7 Å². The molecular weight excluding hydrogens is 343 g/mol. The molecule has 2 atom stereocenters. The Morgan fingerprint density at radius 1 is 1.32 bits per heavy atom. The summed E-state index contributed by atoms with van der Waals surface area (Å²) in [7, 11) is 0. The summed E-state index contributed by atoms with van der Waals surface area (Å²) in [5.74, 6) is 0.309. The van der Waals surface area contributed by atoms with Crippen molar-refractivity contribution in [2.45, 2.75) is 38.8 Å². The zero-order valence-electron chi connectivity index (χ0n) is 12.8. The van der Waals surface area contributed by atoms with Crippen molar-refractivity contribution in [3.05, 3.63) is 63.6 Å². The molecule has 1 aromatic heterocycles. The fraction of sp³-hybridized carbons (Fsp3) is 0.389. The molecule has 3 rings (SSSR count). The van der Waals surface area contributed by atoms with E-state index < -0.39 is 0 Å². The van der Waals surface area contributed by atoms with E-state index in [1.165, 1.54) is 0 Å². The van der Waals surface area contributed by atoms with Crippen LogP contribution in [0.4, 0.5) is 4.39 Å². The molecule has 0 aliphatic heterocycles. The number of nitrogens with zero attached hydrogens (tertiary/aromatic N) is 1. The van der Waals surface area contributed by atoms with Gasteiger partial charge in [0.2, 0.25) is 0 Å². The zero-order chi connectivity index (χ0) is 15.7. The second-order valence-corrected chi connectivity index (χ2v) is 7.11. The number of fused-ring (bicyclic) bond motifs is 1. The van der Waals surface area contributed by atoms with Gasteiger partial charge in [0.15, 0.2) is 0 Å². The minimum absolute atomic E-state index is 0.104. The first-order valence-corrected chi connectivity index (χ1v) is 8.50. The third kappa shape index (κ3) is 3.08. The molecule has 1 aliphatic carbocycles. The smallest absolute Gasteiger partial charge is 0.127 e. The molecule has 2 aromatic rings. The van der Waals surface area contributed by atoms with Crippen LogP contribution in [-0.2, 0) is 6.42 Å². The van der Waals surface area contributed by atoms with Gasteiger partial charge in [0.1, 0.15) is 5.82 Å². The standard InChI is InChI=1S/C18H20BrFN2/c1-11(2)18(17-5-3-4-8-21-17)22-16-7-6-13-14(16)9-12(19)10-15(13)20/h3-5,8-11,16,18,22H,6-7H2,1-2H3/t16-,18+/m1/s1. The molecule has 1 N–H and O–H groups in total. The van der Waals surface area contributed by atoms with Crippen LogP contribution < -0.4 is 5.32 Å². The molecule has 1 aromatic carbocycles. The summed E-state index contributed by atoms with van der Waals surface area (Å²) in [6.45, 7) is 4.37. The average molecular weight is 363 g/mol. The highest BCUT2D eigenvalue weighted by Gasteiger charge is 2.29. The third-order valence-corrected chi connectivity index (χ3v) is 4.76. The number of aromatic nitrogens is 1. The van der Waals surface area contributed by atoms with Gasteiger partial charge in [-0.25, -0.2) is 4.39 Å². The maximum atomic E-state index is 14.1. The number of rotatable bonds is 4. The molecule has 4 heteroatoms. The zero-order valence-corrected chi connectivity index (χ0v) is 14.4. The van der Waals surface area contributed by atoms with Gasteiger partial charge in [0, 0.05) is 16.7 Å². The lowest BCUT2D eigenvalue weighted by Crippen LogP contribution is -2.29. The van der Waals surface area contributed by atoms with Crippen molar-refractivity contribution in [3.63, 3.8) is 0 Å². The molecular formula is C18H20BrFN2. The Labute approximate surface area is 139 Å². The Morgan fingerprint density at radius 2 is 2.14 bits per heavy atom. The number of hydrogen-bond acceptors (Lipinski definition) is 2. The van der Waals surface area contributed by atoms with Crippen LogP contribution in [0.2, 0.25) is 0 Å². The average Bonchev–Trinajstić information content (AvgIpc) is 2.88. The van der Waals surface area contributed by atoms with Crippen LogP contribution in [0.15, 0.2) is 41.0 Å². The first-order chi connectivity index (χ1) is 10.6. The quantitative estimate of drug-likeness (QED) is 0.831. The van der Waals surface area contributed by atoms with E-state index in [4.69, 9.17) is 0 Å². The molecule has 0 saturated carbocycles. The lowest BCUT2D eigenvalue weighted by atomic mass is 9.98. The van der Waals surface area contributed by atoms with Gasteiger partial charge in [-0.05, 0) is 54.2 Å². The summed E-state index contributed by atoms with van der Waals surface area (Å²) in [6.07, 6.45) is 3.54. The van der Waals surface area contributed by atoms with Crippen LogP contribution in [-0.4, -0.2) is 4.98 Å². The Morgan fingerprint density at radius 3 is 2.82 bits per heavy atom. The number of benzene rings is 1. The van der Waals surface area contributed by atoms with E-state index in [0.29, 0.717) is 5.92 Å². The highest BCUT2D eigenvalue weighted by atomic mass is 79.9. The van der Waals surface area contributed by atoms with Gasteiger partial charge in [-0.1, -0.05) is 35.8 Å². The summed E-state index contributed by atoms with van der Waals surface area (Å²) in [5.41, 5.74) is 2.97. The molecule has 0 amide bonds. The summed E-state index contributed by atoms with van der Waals surface area (Å²) in [6, 6.07) is 9.93. The minimum atomic E-state index is -0.104. The van der Waals surface area contributed by atoms with E-state index in [9.17, 15) is 4.39 Å². The Balaban J connectivity index is 1.88. The van der Waals surface area contributed by atoms with Crippen molar-refractivity contribution < 1.29 is 4.39 Å². The summed E-state index contributed by atoms with van der Waals surface area (Å²) in [5, 5.41) is 3.69. The lowest BCUT2D eigenvalue weighted by molar-refractivity contribution is 0.355. The Hall–Kier alpha value is -1.26. The van der Waals surface area contributed by atoms with Crippen molar-refractivity contribution >= 4 is 15.9 Å². The monoisotopic (exact) mass is 362 g/mol. The van der Waals surface area contributed by atoms with E-state index in [1.807, 2.05) is 24.4 Å². The van der Waals surface area contributed by atoms with Gasteiger partial charge in [-0.3, -0.25) is 4.98 Å². The SMILES string of the molecule is CC(C)[C@H](N[C@@H]1CCc2c(F)cc(Br)cc21)c1ccccn1. The Kier molecular flexibility index (Phi) is 4.59.